The van der Waals surface area contributed by atoms with Crippen molar-refractivity contribution in [2.45, 2.75) is 6.18 Å². The van der Waals surface area contributed by atoms with Gasteiger partial charge in [-0.15, -0.1) is 4.80 Å². The summed E-state index contributed by atoms with van der Waals surface area (Å²) in [5, 5.41) is 13.6. The van der Waals surface area contributed by atoms with E-state index in [0.29, 0.717) is 4.68 Å². The Kier molecular flexibility index (Phi) is 5.48. The molecule has 0 saturated carbocycles. The van der Waals surface area contributed by atoms with Gasteiger partial charge in [-0.3, -0.25) is 4.79 Å². The summed E-state index contributed by atoms with van der Waals surface area (Å²) in [7, 11) is 0. The van der Waals surface area contributed by atoms with Gasteiger partial charge in [-0.1, -0.05) is 12.1 Å². The second-order valence-corrected chi connectivity index (χ2v) is 7.46. The number of benzene rings is 1. The minimum atomic E-state index is -5.04. The quantitative estimate of drug-likeness (QED) is 0.277. The number of hydrogen-bond donors (Lipinski definition) is 2. The summed E-state index contributed by atoms with van der Waals surface area (Å²) in [6, 6.07) is 4.97. The standard InChI is InChI=1S/C22H12F4N10O/c1-28-15-7-11(8-30-20(15)36-31-5-6-32-36)34-21(37)13-9-33-35(18(13)22(24,25)26)16-10-29-19(27)17-12(16)3-2-4-14(17)23/h2-10H,(H2,27,29)(H,34,37). The lowest BCUT2D eigenvalue weighted by Crippen LogP contribution is -2.21. The number of pyridine rings is 2. The molecule has 0 aliphatic heterocycles. The predicted octanol–water partition coefficient (Wildman–Crippen LogP) is 3.94. The Morgan fingerprint density at radius 1 is 1.08 bits per heavy atom. The van der Waals surface area contributed by atoms with E-state index in [1.54, 1.807) is 0 Å². The van der Waals surface area contributed by atoms with Crippen molar-refractivity contribution < 1.29 is 22.4 Å². The number of carbonyl (C=O) groups is 1. The lowest BCUT2D eigenvalue weighted by Gasteiger charge is -2.15. The van der Waals surface area contributed by atoms with E-state index in [1.165, 1.54) is 30.6 Å². The zero-order chi connectivity index (χ0) is 26.3. The number of aromatic nitrogens is 7. The predicted molar refractivity (Wildman–Crippen MR) is 122 cm³/mol. The zero-order valence-corrected chi connectivity index (χ0v) is 18.3. The van der Waals surface area contributed by atoms with Crippen molar-refractivity contribution in [1.29, 1.82) is 0 Å². The van der Waals surface area contributed by atoms with Crippen LogP contribution in [0.1, 0.15) is 16.1 Å². The normalized spacial score (nSPS) is 11.4. The van der Waals surface area contributed by atoms with Crippen molar-refractivity contribution in [3.8, 4) is 11.5 Å². The monoisotopic (exact) mass is 508 g/mol. The van der Waals surface area contributed by atoms with Crippen molar-refractivity contribution in [2.75, 3.05) is 11.1 Å². The molecule has 1 amide bonds. The second-order valence-electron chi connectivity index (χ2n) is 7.46. The van der Waals surface area contributed by atoms with Gasteiger partial charge >= 0.3 is 6.18 Å². The van der Waals surface area contributed by atoms with Crippen LogP contribution in [0.15, 0.2) is 55.2 Å². The SMILES string of the molecule is [C-]#[N+]c1cc(NC(=O)c2cnn(-c3cnc(N)c4c(F)cccc34)c2C(F)(F)F)cnc1-n1nccn1. The van der Waals surface area contributed by atoms with E-state index in [1.807, 2.05) is 0 Å². The summed E-state index contributed by atoms with van der Waals surface area (Å²) in [5.74, 6) is -2.09. The Balaban J connectivity index is 1.57. The molecule has 0 radical (unpaired) electrons. The van der Waals surface area contributed by atoms with Gasteiger partial charge in [-0.2, -0.15) is 28.5 Å². The van der Waals surface area contributed by atoms with Crippen LogP contribution in [0.25, 0.3) is 27.1 Å². The summed E-state index contributed by atoms with van der Waals surface area (Å²) in [6.07, 6.45) is 0.577. The molecular weight excluding hydrogens is 496 g/mol. The lowest BCUT2D eigenvalue weighted by atomic mass is 10.1. The van der Waals surface area contributed by atoms with Crippen LogP contribution in [0, 0.1) is 12.4 Å². The van der Waals surface area contributed by atoms with E-state index in [4.69, 9.17) is 12.3 Å². The van der Waals surface area contributed by atoms with Gasteiger partial charge in [0.1, 0.15) is 11.6 Å². The molecule has 4 aromatic heterocycles. The molecule has 0 saturated heterocycles. The van der Waals surface area contributed by atoms with Crippen molar-refractivity contribution in [3.05, 3.63) is 83.7 Å². The molecule has 3 N–H and O–H groups in total. The van der Waals surface area contributed by atoms with E-state index in [9.17, 15) is 22.4 Å². The average Bonchev–Trinajstić information content (AvgIpc) is 3.55. The first-order valence-electron chi connectivity index (χ1n) is 10.2. The number of carbonyl (C=O) groups excluding carboxylic acids is 1. The summed E-state index contributed by atoms with van der Waals surface area (Å²) in [6.45, 7) is 7.34. The third-order valence-corrected chi connectivity index (χ3v) is 5.22. The fraction of sp³-hybridized carbons (Fsp3) is 0.0455. The minimum Gasteiger partial charge on any atom is -0.383 e. The second kappa shape index (κ2) is 8.68. The number of amides is 1. The first-order valence-corrected chi connectivity index (χ1v) is 10.2. The molecule has 15 heteroatoms. The topological polar surface area (TPSA) is 134 Å². The molecule has 0 fully saturated rings. The van der Waals surface area contributed by atoms with Crippen LogP contribution in [-0.2, 0) is 6.18 Å². The van der Waals surface area contributed by atoms with Gasteiger partial charge in [0.25, 0.3) is 5.91 Å². The molecule has 0 unspecified atom stereocenters. The lowest BCUT2D eigenvalue weighted by molar-refractivity contribution is -0.143. The van der Waals surface area contributed by atoms with Crippen molar-refractivity contribution in [1.82, 2.24) is 34.7 Å². The number of nitrogens with two attached hydrogens (primary N) is 1. The summed E-state index contributed by atoms with van der Waals surface area (Å²) in [5.41, 5.74) is 3.15. The van der Waals surface area contributed by atoms with E-state index in [-0.39, 0.29) is 39.5 Å². The summed E-state index contributed by atoms with van der Waals surface area (Å²) in [4.78, 5) is 25.1. The highest BCUT2D eigenvalue weighted by Gasteiger charge is 2.41. The van der Waals surface area contributed by atoms with Crippen LogP contribution in [-0.4, -0.2) is 40.6 Å². The fourth-order valence-electron chi connectivity index (χ4n) is 3.68. The van der Waals surface area contributed by atoms with Crippen LogP contribution >= 0.6 is 0 Å². The number of halogens is 4. The van der Waals surface area contributed by atoms with Crippen LogP contribution in [0.5, 0.6) is 0 Å². The number of nitrogen functional groups attached to an aromatic ring is 1. The molecule has 5 aromatic rings. The number of alkyl halides is 3. The number of nitrogens with zero attached hydrogens (tertiary/aromatic N) is 8. The molecule has 184 valence electrons. The smallest absolute Gasteiger partial charge is 0.383 e. The molecule has 5 rings (SSSR count). The Morgan fingerprint density at radius 2 is 1.84 bits per heavy atom. The molecular formula is C22H12F4N10O. The van der Waals surface area contributed by atoms with Crippen molar-refractivity contribution >= 4 is 33.9 Å². The molecule has 11 nitrogen and oxygen atoms in total. The van der Waals surface area contributed by atoms with E-state index in [2.05, 4.69) is 35.4 Å². The van der Waals surface area contributed by atoms with Crippen LogP contribution in [0.2, 0.25) is 0 Å². The molecule has 37 heavy (non-hydrogen) atoms. The van der Waals surface area contributed by atoms with Crippen molar-refractivity contribution in [3.63, 3.8) is 0 Å². The van der Waals surface area contributed by atoms with E-state index < -0.39 is 29.2 Å². The molecule has 0 aliphatic rings. The molecule has 0 atom stereocenters. The number of fused-ring (bicyclic) bond motifs is 1. The van der Waals surface area contributed by atoms with Gasteiger partial charge in [0, 0.05) is 11.1 Å². The van der Waals surface area contributed by atoms with Gasteiger partial charge < -0.3 is 11.1 Å². The largest absolute Gasteiger partial charge is 0.434 e. The number of hydrogen-bond acceptors (Lipinski definition) is 7. The highest BCUT2D eigenvalue weighted by Crippen LogP contribution is 2.36. The Hall–Kier alpha value is -5.39. The molecule has 0 bridgehead atoms. The summed E-state index contributed by atoms with van der Waals surface area (Å²) < 4.78 is 57.4. The Bertz CT molecular complexity index is 1700. The minimum absolute atomic E-state index is 0.0155. The molecule has 0 aliphatic carbocycles. The van der Waals surface area contributed by atoms with Crippen LogP contribution < -0.4 is 11.1 Å². The first kappa shape index (κ1) is 23.4. The van der Waals surface area contributed by atoms with Gasteiger partial charge in [0.15, 0.2) is 11.5 Å². The molecule has 4 heterocycles. The zero-order valence-electron chi connectivity index (χ0n) is 18.3. The first-order chi connectivity index (χ1) is 17.7. The van der Waals surface area contributed by atoms with Gasteiger partial charge in [-0.05, 0) is 12.1 Å². The highest BCUT2D eigenvalue weighted by atomic mass is 19.4. The third kappa shape index (κ3) is 4.05. The summed E-state index contributed by atoms with van der Waals surface area (Å²) >= 11 is 0. The van der Waals surface area contributed by atoms with E-state index in [0.717, 1.165) is 29.5 Å². The highest BCUT2D eigenvalue weighted by molar-refractivity contribution is 6.05. The molecule has 0 spiro atoms. The number of nitrogens with one attached hydrogen (secondary N) is 1. The van der Waals surface area contributed by atoms with Crippen LogP contribution in [0.4, 0.5) is 34.8 Å². The fourth-order valence-corrected chi connectivity index (χ4v) is 3.68. The maximum atomic E-state index is 14.4. The maximum Gasteiger partial charge on any atom is 0.434 e. The van der Waals surface area contributed by atoms with Gasteiger partial charge in [0.05, 0.1) is 54.2 Å². The maximum absolute atomic E-state index is 14.4. The average molecular weight is 508 g/mol. The van der Waals surface area contributed by atoms with Gasteiger partial charge in [-0.25, -0.2) is 23.9 Å². The van der Waals surface area contributed by atoms with Gasteiger partial charge in [0.2, 0.25) is 5.69 Å². The van der Waals surface area contributed by atoms with Crippen LogP contribution in [0.3, 0.4) is 0 Å². The third-order valence-electron chi connectivity index (χ3n) is 5.22. The Morgan fingerprint density at radius 3 is 2.54 bits per heavy atom. The Labute approximate surface area is 204 Å². The van der Waals surface area contributed by atoms with E-state index >= 15 is 0 Å². The number of rotatable bonds is 4. The number of anilines is 2. The van der Waals surface area contributed by atoms with Crippen molar-refractivity contribution in [2.24, 2.45) is 0 Å². The molecule has 1 aromatic carbocycles.